The molecule has 0 saturated heterocycles. The Labute approximate surface area is 85.3 Å². The molecule has 0 bridgehead atoms. The van der Waals surface area contributed by atoms with Gasteiger partial charge in [0, 0.05) is 5.57 Å². The standard InChI is InChI=1S/C9H9NO5/c1-6(9(11)14-2)5-7-3-4-8(15-7)10(12)13/h3-5H,1-2H3/b6-5+. The fraction of sp³-hybridized carbons (Fsp3) is 0.222. The zero-order chi connectivity index (χ0) is 11.4. The third kappa shape index (κ3) is 2.67. The van der Waals surface area contributed by atoms with Crippen LogP contribution < -0.4 is 0 Å². The molecule has 0 aliphatic carbocycles. The van der Waals surface area contributed by atoms with Gasteiger partial charge in [-0.3, -0.25) is 10.1 Å². The summed E-state index contributed by atoms with van der Waals surface area (Å²) in [4.78, 5) is 20.6. The lowest BCUT2D eigenvalue weighted by Gasteiger charge is -1.95. The van der Waals surface area contributed by atoms with Gasteiger partial charge in [-0.25, -0.2) is 4.79 Å². The average Bonchev–Trinajstić information content (AvgIpc) is 2.65. The lowest BCUT2D eigenvalue weighted by Crippen LogP contribution is -2.00. The van der Waals surface area contributed by atoms with Gasteiger partial charge in [-0.1, -0.05) is 0 Å². The Morgan fingerprint density at radius 3 is 2.73 bits per heavy atom. The van der Waals surface area contributed by atoms with Crippen LogP contribution in [0, 0.1) is 10.1 Å². The molecule has 80 valence electrons. The fourth-order valence-electron chi connectivity index (χ4n) is 0.951. The largest absolute Gasteiger partial charge is 0.466 e. The summed E-state index contributed by atoms with van der Waals surface area (Å²) in [6.45, 7) is 1.53. The van der Waals surface area contributed by atoms with Gasteiger partial charge in [0.25, 0.3) is 0 Å². The van der Waals surface area contributed by atoms with E-state index in [1.54, 1.807) is 0 Å². The first-order valence-corrected chi connectivity index (χ1v) is 4.05. The zero-order valence-corrected chi connectivity index (χ0v) is 8.22. The lowest BCUT2D eigenvalue weighted by atomic mass is 10.2. The van der Waals surface area contributed by atoms with Crippen molar-refractivity contribution in [3.63, 3.8) is 0 Å². The van der Waals surface area contributed by atoms with Crippen molar-refractivity contribution >= 4 is 17.9 Å². The second-order valence-corrected chi connectivity index (χ2v) is 2.75. The number of carbonyl (C=O) groups excluding carboxylic acids is 1. The Balaban J connectivity index is 2.89. The summed E-state index contributed by atoms with van der Waals surface area (Å²) in [6, 6.07) is 2.63. The van der Waals surface area contributed by atoms with Crippen LogP contribution in [0.3, 0.4) is 0 Å². The number of carbonyl (C=O) groups is 1. The maximum absolute atomic E-state index is 11.0. The van der Waals surface area contributed by atoms with Crippen molar-refractivity contribution in [1.82, 2.24) is 0 Å². The van der Waals surface area contributed by atoms with Gasteiger partial charge in [-0.15, -0.1) is 0 Å². The van der Waals surface area contributed by atoms with E-state index in [-0.39, 0.29) is 11.6 Å². The van der Waals surface area contributed by atoms with Crippen LogP contribution in [0.4, 0.5) is 5.88 Å². The summed E-state index contributed by atoms with van der Waals surface area (Å²) in [6.07, 6.45) is 1.37. The molecule has 0 amide bonds. The van der Waals surface area contributed by atoms with E-state index in [0.29, 0.717) is 5.57 Å². The maximum Gasteiger partial charge on any atom is 0.433 e. The van der Waals surface area contributed by atoms with Crippen LogP contribution in [-0.2, 0) is 9.53 Å². The van der Waals surface area contributed by atoms with Crippen molar-refractivity contribution in [2.24, 2.45) is 0 Å². The molecule has 0 N–H and O–H groups in total. The molecule has 6 nitrogen and oxygen atoms in total. The number of esters is 1. The van der Waals surface area contributed by atoms with Crippen LogP contribution in [-0.4, -0.2) is 18.0 Å². The van der Waals surface area contributed by atoms with E-state index < -0.39 is 10.9 Å². The quantitative estimate of drug-likeness (QED) is 0.329. The van der Waals surface area contributed by atoms with Crippen molar-refractivity contribution < 1.29 is 18.9 Å². The van der Waals surface area contributed by atoms with E-state index in [4.69, 9.17) is 4.42 Å². The van der Waals surface area contributed by atoms with Gasteiger partial charge >= 0.3 is 11.9 Å². The van der Waals surface area contributed by atoms with Crippen LogP contribution in [0.25, 0.3) is 6.08 Å². The second-order valence-electron chi connectivity index (χ2n) is 2.75. The minimum absolute atomic E-state index is 0.240. The van der Waals surface area contributed by atoms with E-state index in [2.05, 4.69) is 4.74 Å². The van der Waals surface area contributed by atoms with Crippen molar-refractivity contribution in [2.45, 2.75) is 6.92 Å². The monoisotopic (exact) mass is 211 g/mol. The number of nitro groups is 1. The van der Waals surface area contributed by atoms with E-state index in [1.807, 2.05) is 0 Å². The van der Waals surface area contributed by atoms with Gasteiger partial charge in [-0.2, -0.15) is 0 Å². The van der Waals surface area contributed by atoms with Crippen molar-refractivity contribution in [3.8, 4) is 0 Å². The molecule has 0 aliphatic rings. The van der Waals surface area contributed by atoms with Crippen molar-refractivity contribution in [2.75, 3.05) is 7.11 Å². The van der Waals surface area contributed by atoms with Crippen LogP contribution in [0.1, 0.15) is 12.7 Å². The predicted octanol–water partition coefficient (Wildman–Crippen LogP) is 1.76. The van der Waals surface area contributed by atoms with E-state index >= 15 is 0 Å². The number of nitrogens with zero attached hydrogens (tertiary/aromatic N) is 1. The van der Waals surface area contributed by atoms with Crippen LogP contribution in [0.5, 0.6) is 0 Å². The van der Waals surface area contributed by atoms with Crippen molar-refractivity contribution in [1.29, 1.82) is 0 Å². The first-order valence-electron chi connectivity index (χ1n) is 4.05. The maximum atomic E-state index is 11.0. The smallest absolute Gasteiger partial charge is 0.433 e. The summed E-state index contributed by atoms with van der Waals surface area (Å²) in [7, 11) is 1.25. The highest BCUT2D eigenvalue weighted by Crippen LogP contribution is 2.18. The number of hydrogen-bond donors (Lipinski definition) is 0. The Kier molecular flexibility index (Phi) is 3.22. The third-order valence-electron chi connectivity index (χ3n) is 1.66. The summed E-state index contributed by atoms with van der Waals surface area (Å²) < 4.78 is 9.28. The van der Waals surface area contributed by atoms with Gasteiger partial charge in [0.1, 0.15) is 10.7 Å². The molecular weight excluding hydrogens is 202 g/mol. The Bertz CT molecular complexity index is 418. The molecule has 0 atom stereocenters. The molecule has 0 fully saturated rings. The lowest BCUT2D eigenvalue weighted by molar-refractivity contribution is -0.402. The summed E-state index contributed by atoms with van der Waals surface area (Å²) in [5, 5.41) is 10.3. The molecule has 1 rings (SSSR count). The number of methoxy groups -OCH3 is 1. The topological polar surface area (TPSA) is 82.6 Å². The molecule has 1 heterocycles. The first-order chi connectivity index (χ1) is 7.04. The molecular formula is C9H9NO5. The number of hydrogen-bond acceptors (Lipinski definition) is 5. The first kappa shape index (κ1) is 11.0. The number of ether oxygens (including phenoxy) is 1. The molecule has 0 aromatic carbocycles. The number of furan rings is 1. The van der Waals surface area contributed by atoms with E-state index in [1.165, 1.54) is 32.2 Å². The van der Waals surface area contributed by atoms with Gasteiger partial charge in [-0.05, 0) is 19.1 Å². The predicted molar refractivity (Wildman–Crippen MR) is 51.0 cm³/mol. The summed E-state index contributed by atoms with van der Waals surface area (Å²) >= 11 is 0. The molecule has 0 spiro atoms. The Morgan fingerprint density at radius 2 is 2.27 bits per heavy atom. The third-order valence-corrected chi connectivity index (χ3v) is 1.66. The number of rotatable bonds is 3. The normalized spacial score (nSPS) is 11.2. The average molecular weight is 211 g/mol. The highest BCUT2D eigenvalue weighted by molar-refractivity contribution is 5.92. The molecule has 6 heteroatoms. The minimum Gasteiger partial charge on any atom is -0.466 e. The molecule has 1 aromatic heterocycles. The summed E-state index contributed by atoms with van der Waals surface area (Å²) in [5.74, 6) is -0.627. The van der Waals surface area contributed by atoms with E-state index in [0.717, 1.165) is 0 Å². The second kappa shape index (κ2) is 4.41. The van der Waals surface area contributed by atoms with Crippen LogP contribution in [0.15, 0.2) is 22.1 Å². The molecule has 0 aliphatic heterocycles. The van der Waals surface area contributed by atoms with Gasteiger partial charge < -0.3 is 9.15 Å². The highest BCUT2D eigenvalue weighted by atomic mass is 16.6. The molecule has 15 heavy (non-hydrogen) atoms. The molecule has 0 saturated carbocycles. The van der Waals surface area contributed by atoms with Crippen molar-refractivity contribution in [3.05, 3.63) is 33.6 Å². The van der Waals surface area contributed by atoms with Gasteiger partial charge in [0.15, 0.2) is 0 Å². The molecule has 1 aromatic rings. The minimum atomic E-state index is -0.648. The fourth-order valence-corrected chi connectivity index (χ4v) is 0.951. The summed E-state index contributed by atoms with van der Waals surface area (Å²) in [5.41, 5.74) is 0.307. The van der Waals surface area contributed by atoms with Gasteiger partial charge in [0.2, 0.25) is 0 Å². The molecule has 0 radical (unpaired) electrons. The highest BCUT2D eigenvalue weighted by Gasteiger charge is 2.11. The SMILES string of the molecule is COC(=O)/C(C)=C/c1ccc([N+](=O)[O-])o1. The van der Waals surface area contributed by atoms with Gasteiger partial charge in [0.05, 0.1) is 13.2 Å². The zero-order valence-electron chi connectivity index (χ0n) is 8.22. The van der Waals surface area contributed by atoms with Crippen LogP contribution >= 0.6 is 0 Å². The Hall–Kier alpha value is -2.11. The Morgan fingerprint density at radius 1 is 1.60 bits per heavy atom. The van der Waals surface area contributed by atoms with Crippen LogP contribution in [0.2, 0.25) is 0 Å². The molecule has 0 unspecified atom stereocenters. The van der Waals surface area contributed by atoms with E-state index in [9.17, 15) is 14.9 Å².